The maximum atomic E-state index is 12.3. The molecule has 0 radical (unpaired) electrons. The summed E-state index contributed by atoms with van der Waals surface area (Å²) in [5.74, 6) is -0.120. The predicted molar refractivity (Wildman–Crippen MR) is 83.5 cm³/mol. The Hall–Kier alpha value is -2.05. The second kappa shape index (κ2) is 5.98. The van der Waals surface area contributed by atoms with Crippen LogP contribution in [0.15, 0.2) is 6.20 Å². The molecule has 2 rings (SSSR count). The Morgan fingerprint density at radius 2 is 2.14 bits per heavy atom. The van der Waals surface area contributed by atoms with Crippen LogP contribution in [0.4, 0.5) is 4.79 Å². The normalized spacial score (nSPS) is 17.1. The molecule has 3 amide bonds. The summed E-state index contributed by atoms with van der Waals surface area (Å²) in [5.41, 5.74) is 1.79. The Labute approximate surface area is 131 Å². The van der Waals surface area contributed by atoms with Crippen LogP contribution in [0.5, 0.6) is 0 Å². The molecule has 0 aliphatic carbocycles. The maximum absolute atomic E-state index is 12.3. The molecule has 1 aromatic rings. The zero-order valence-electron chi connectivity index (χ0n) is 13.9. The van der Waals surface area contributed by atoms with Crippen LogP contribution in [0.25, 0.3) is 0 Å². The van der Waals surface area contributed by atoms with E-state index in [1.54, 1.807) is 0 Å². The predicted octanol–water partition coefficient (Wildman–Crippen LogP) is 1.15. The molecule has 2 heterocycles. The fraction of sp³-hybridized carbons (Fsp3) is 0.667. The second-order valence-electron chi connectivity index (χ2n) is 6.73. The number of aromatic nitrogens is 2. The van der Waals surface area contributed by atoms with E-state index in [1.807, 2.05) is 24.7 Å². The van der Waals surface area contributed by atoms with E-state index in [4.69, 9.17) is 0 Å². The highest BCUT2D eigenvalue weighted by Crippen LogP contribution is 2.21. The van der Waals surface area contributed by atoms with Crippen LogP contribution in [0.3, 0.4) is 0 Å². The molecule has 0 aromatic carbocycles. The van der Waals surface area contributed by atoms with Gasteiger partial charge in [-0.05, 0) is 34.6 Å². The molecule has 1 aromatic heterocycles. The second-order valence-corrected chi connectivity index (χ2v) is 6.73. The Balaban J connectivity index is 2.05. The zero-order chi connectivity index (χ0) is 16.5. The number of carbonyl (C=O) groups is 2. The van der Waals surface area contributed by atoms with Crippen LogP contribution in [0, 0.1) is 6.92 Å². The van der Waals surface area contributed by atoms with Gasteiger partial charge in [0.2, 0.25) is 5.91 Å². The Morgan fingerprint density at radius 3 is 2.68 bits per heavy atom. The number of carbonyl (C=O) groups excluding carboxylic acids is 2. The average molecular weight is 307 g/mol. The fourth-order valence-electron chi connectivity index (χ4n) is 2.41. The number of urea groups is 1. The third-order valence-electron chi connectivity index (χ3n) is 3.76. The van der Waals surface area contributed by atoms with E-state index in [9.17, 15) is 9.59 Å². The van der Waals surface area contributed by atoms with Crippen molar-refractivity contribution < 1.29 is 9.59 Å². The van der Waals surface area contributed by atoms with Crippen LogP contribution < -0.4 is 10.6 Å². The summed E-state index contributed by atoms with van der Waals surface area (Å²) in [6, 6.07) is -0.376. The molecule has 1 fully saturated rings. The monoisotopic (exact) mass is 307 g/mol. The smallest absolute Gasteiger partial charge is 0.318 e. The van der Waals surface area contributed by atoms with Gasteiger partial charge in [-0.2, -0.15) is 5.10 Å². The first-order chi connectivity index (χ1) is 10.2. The lowest BCUT2D eigenvalue weighted by atomic mass is 10.1. The first kappa shape index (κ1) is 16.3. The van der Waals surface area contributed by atoms with Crippen LogP contribution in [0.1, 0.15) is 45.0 Å². The number of amides is 3. The van der Waals surface area contributed by atoms with Crippen molar-refractivity contribution >= 4 is 11.9 Å². The summed E-state index contributed by atoms with van der Waals surface area (Å²) < 4.78 is 1.91. The minimum absolute atomic E-state index is 0.0995. The van der Waals surface area contributed by atoms with Gasteiger partial charge in [0.15, 0.2) is 0 Å². The summed E-state index contributed by atoms with van der Waals surface area (Å²) in [6.07, 6.45) is 1.98. The van der Waals surface area contributed by atoms with Crippen molar-refractivity contribution in [2.24, 2.45) is 0 Å². The van der Waals surface area contributed by atoms with Crippen LogP contribution in [0.2, 0.25) is 0 Å². The highest BCUT2D eigenvalue weighted by Gasteiger charge is 2.24. The molecule has 2 N–H and O–H groups in total. The summed E-state index contributed by atoms with van der Waals surface area (Å²) in [6.45, 7) is 11.3. The Morgan fingerprint density at radius 1 is 1.45 bits per heavy atom. The van der Waals surface area contributed by atoms with E-state index < -0.39 is 0 Å². The van der Waals surface area contributed by atoms with E-state index in [-0.39, 0.29) is 30.1 Å². The average Bonchev–Trinajstić information content (AvgIpc) is 2.81. The lowest BCUT2D eigenvalue weighted by Crippen LogP contribution is -2.53. The number of nitrogens with one attached hydrogen (secondary N) is 2. The highest BCUT2D eigenvalue weighted by molar-refractivity contribution is 5.85. The van der Waals surface area contributed by atoms with Gasteiger partial charge in [0.25, 0.3) is 0 Å². The van der Waals surface area contributed by atoms with Crippen molar-refractivity contribution in [1.82, 2.24) is 25.3 Å². The molecule has 7 nitrogen and oxygen atoms in total. The Kier molecular flexibility index (Phi) is 4.44. The van der Waals surface area contributed by atoms with Crippen molar-refractivity contribution in [3.8, 4) is 0 Å². The molecule has 0 saturated carbocycles. The molecule has 122 valence electrons. The van der Waals surface area contributed by atoms with E-state index >= 15 is 0 Å². The largest absolute Gasteiger partial charge is 0.353 e. The van der Waals surface area contributed by atoms with Crippen LogP contribution in [-0.2, 0) is 10.3 Å². The molecular weight excluding hydrogens is 282 g/mol. The number of hydrogen-bond acceptors (Lipinski definition) is 3. The lowest BCUT2D eigenvalue weighted by Gasteiger charge is -2.28. The Bertz CT molecular complexity index is 573. The van der Waals surface area contributed by atoms with Gasteiger partial charge >= 0.3 is 6.03 Å². The third-order valence-corrected chi connectivity index (χ3v) is 3.76. The number of aryl methyl sites for hydroxylation is 1. The molecular formula is C15H25N5O2. The van der Waals surface area contributed by atoms with Gasteiger partial charge in [-0.3, -0.25) is 9.48 Å². The first-order valence-electron chi connectivity index (χ1n) is 7.57. The topological polar surface area (TPSA) is 79.3 Å². The molecule has 0 spiro atoms. The molecule has 1 atom stereocenters. The number of nitrogens with zero attached hydrogens (tertiary/aromatic N) is 3. The SMILES string of the molecule is Cc1nn(C(C)(C)C)cc1C(C)NC(=O)N1CCNC(=O)C1. The zero-order valence-corrected chi connectivity index (χ0v) is 13.9. The molecule has 22 heavy (non-hydrogen) atoms. The van der Waals surface area contributed by atoms with Gasteiger partial charge in [-0.1, -0.05) is 0 Å². The fourth-order valence-corrected chi connectivity index (χ4v) is 2.41. The summed E-state index contributed by atoms with van der Waals surface area (Å²) >= 11 is 0. The van der Waals surface area contributed by atoms with Gasteiger partial charge in [0.05, 0.1) is 17.3 Å². The first-order valence-corrected chi connectivity index (χ1v) is 7.57. The number of rotatable bonds is 2. The van der Waals surface area contributed by atoms with Gasteiger partial charge in [-0.15, -0.1) is 0 Å². The standard InChI is InChI=1S/C15H25N5O2/c1-10(12-8-20(15(3,4)5)18-11(12)2)17-14(22)19-7-6-16-13(21)9-19/h8,10H,6-7,9H2,1-5H3,(H,16,21)(H,17,22). The minimum atomic E-state index is -0.217. The summed E-state index contributed by atoms with van der Waals surface area (Å²) in [4.78, 5) is 25.1. The van der Waals surface area contributed by atoms with Gasteiger partial charge in [0, 0.05) is 24.8 Å². The third kappa shape index (κ3) is 3.58. The molecule has 7 heteroatoms. The van der Waals surface area contributed by atoms with Crippen LogP contribution in [-0.4, -0.2) is 46.3 Å². The van der Waals surface area contributed by atoms with Crippen molar-refractivity contribution in [3.05, 3.63) is 17.5 Å². The van der Waals surface area contributed by atoms with Crippen LogP contribution >= 0.6 is 0 Å². The maximum Gasteiger partial charge on any atom is 0.318 e. The quantitative estimate of drug-likeness (QED) is 0.860. The number of hydrogen-bond donors (Lipinski definition) is 2. The molecule has 0 bridgehead atoms. The van der Waals surface area contributed by atoms with Gasteiger partial charge < -0.3 is 15.5 Å². The van der Waals surface area contributed by atoms with Gasteiger partial charge in [-0.25, -0.2) is 4.79 Å². The van der Waals surface area contributed by atoms with E-state index in [1.165, 1.54) is 4.90 Å². The van der Waals surface area contributed by atoms with Crippen molar-refractivity contribution in [3.63, 3.8) is 0 Å². The lowest BCUT2D eigenvalue weighted by molar-refractivity contribution is -0.123. The summed E-state index contributed by atoms with van der Waals surface area (Å²) in [5, 5.41) is 10.2. The molecule has 1 unspecified atom stereocenters. The van der Waals surface area contributed by atoms with Crippen molar-refractivity contribution in [1.29, 1.82) is 0 Å². The molecule has 1 aliphatic heterocycles. The van der Waals surface area contributed by atoms with Gasteiger partial charge in [0.1, 0.15) is 6.54 Å². The molecule has 1 aliphatic rings. The highest BCUT2D eigenvalue weighted by atomic mass is 16.2. The van der Waals surface area contributed by atoms with E-state index in [0.717, 1.165) is 11.3 Å². The minimum Gasteiger partial charge on any atom is -0.353 e. The number of piperazine rings is 1. The summed E-state index contributed by atoms with van der Waals surface area (Å²) in [7, 11) is 0. The van der Waals surface area contributed by atoms with Crippen molar-refractivity contribution in [2.75, 3.05) is 19.6 Å². The molecule has 1 saturated heterocycles. The van der Waals surface area contributed by atoms with E-state index in [0.29, 0.717) is 13.1 Å². The van der Waals surface area contributed by atoms with Crippen molar-refractivity contribution in [2.45, 2.75) is 46.2 Å². The van der Waals surface area contributed by atoms with E-state index in [2.05, 4.69) is 36.5 Å².